The molecular weight excluding hydrogens is 646 g/mol. The van der Waals surface area contributed by atoms with Gasteiger partial charge in [-0.3, -0.25) is 14.4 Å². The zero-order valence-corrected chi connectivity index (χ0v) is 27.6. The van der Waals surface area contributed by atoms with Gasteiger partial charge in [0.05, 0.1) is 5.69 Å². The van der Waals surface area contributed by atoms with Gasteiger partial charge in [0.2, 0.25) is 5.91 Å². The van der Waals surface area contributed by atoms with Crippen LogP contribution in [0.15, 0.2) is 109 Å². The zero-order valence-electron chi connectivity index (χ0n) is 26.8. The number of alkyl halides is 2. The van der Waals surface area contributed by atoms with Crippen molar-refractivity contribution in [2.24, 2.45) is 5.92 Å². The number of nitrogens with zero attached hydrogens (tertiary/aromatic N) is 2. The number of nitrogens with one attached hydrogen (secondary N) is 2. The summed E-state index contributed by atoms with van der Waals surface area (Å²) in [6, 6.07) is 29.8. The first kappa shape index (κ1) is 34.0. The second-order valence-electron chi connectivity index (χ2n) is 12.7. The molecule has 3 saturated heterocycles. The first-order valence-electron chi connectivity index (χ1n) is 16.4. The quantitative estimate of drug-likeness (QED) is 0.209. The summed E-state index contributed by atoms with van der Waals surface area (Å²) in [5, 5.41) is 5.89. The fourth-order valence-corrected chi connectivity index (χ4v) is 7.12. The van der Waals surface area contributed by atoms with Gasteiger partial charge in [0.1, 0.15) is 0 Å². The normalized spacial score (nSPS) is 21.6. The lowest BCUT2D eigenvalue weighted by atomic mass is 9.84. The molecule has 0 spiro atoms. The van der Waals surface area contributed by atoms with Crippen LogP contribution in [0.3, 0.4) is 0 Å². The summed E-state index contributed by atoms with van der Waals surface area (Å²) in [6.45, 7) is 2.51. The Balaban J connectivity index is 0.00000417. The molecule has 0 radical (unpaired) electrons. The van der Waals surface area contributed by atoms with Crippen LogP contribution in [0.5, 0.6) is 0 Å². The molecule has 3 amide bonds. The van der Waals surface area contributed by atoms with Gasteiger partial charge in [-0.1, -0.05) is 66.7 Å². The second-order valence-corrected chi connectivity index (χ2v) is 12.7. The first-order chi connectivity index (χ1) is 23.3. The fourth-order valence-electron chi connectivity index (χ4n) is 7.12. The number of allylic oxidation sites excluding steroid dienone is 1. The smallest absolute Gasteiger partial charge is 0.275 e. The first-order valence-corrected chi connectivity index (χ1v) is 16.4. The molecule has 2 bridgehead atoms. The highest BCUT2D eigenvalue weighted by atomic mass is 35.5. The number of carbonyl (C=O) groups excluding carboxylic acids is 3. The van der Waals surface area contributed by atoms with Crippen molar-refractivity contribution in [3.05, 3.63) is 126 Å². The van der Waals surface area contributed by atoms with E-state index in [0.29, 0.717) is 22.9 Å². The van der Waals surface area contributed by atoms with Gasteiger partial charge >= 0.3 is 0 Å². The van der Waals surface area contributed by atoms with Gasteiger partial charge in [-0.2, -0.15) is 0 Å². The van der Waals surface area contributed by atoms with E-state index in [9.17, 15) is 14.4 Å². The number of para-hydroxylation sites is 1. The molecule has 252 valence electrons. The molecule has 3 fully saturated rings. The van der Waals surface area contributed by atoms with Crippen LogP contribution in [0.2, 0.25) is 0 Å². The van der Waals surface area contributed by atoms with Crippen LogP contribution in [0, 0.1) is 5.92 Å². The molecule has 8 rings (SSSR count). The third-order valence-corrected chi connectivity index (χ3v) is 9.68. The van der Waals surface area contributed by atoms with Crippen LogP contribution in [0.25, 0.3) is 16.7 Å². The Morgan fingerprint density at radius 1 is 0.776 bits per heavy atom. The predicted molar refractivity (Wildman–Crippen MR) is 190 cm³/mol. The topological polar surface area (TPSA) is 81.8 Å². The molecule has 4 aliphatic rings. The highest BCUT2D eigenvalue weighted by molar-refractivity contribution is 6.11. The Morgan fingerprint density at radius 3 is 2.12 bits per heavy atom. The number of hydrogen-bond donors (Lipinski definition) is 2. The average Bonchev–Trinajstić information content (AvgIpc) is 3.22. The standard InChI is InChI=1S/C39H36F2N4O3.ClH/c40-39(41)20-23-45(35-13-7-6-12-32(35)33(39)24-36(46)43-34-25-44-21-18-27(34)19-22-44)38(48)28-14-16-29(17-15-28)42-37(47)31-11-5-4-10-30(31)26-8-2-1-3-9-26;/h1-17,24,27,34H,18-23,25H2,(H,42,47)(H,43,46);1H. The summed E-state index contributed by atoms with van der Waals surface area (Å²) in [6.07, 6.45) is 2.37. The predicted octanol–water partition coefficient (Wildman–Crippen LogP) is 7.31. The van der Waals surface area contributed by atoms with Crippen LogP contribution in [0.1, 0.15) is 45.5 Å². The third-order valence-electron chi connectivity index (χ3n) is 9.68. The summed E-state index contributed by atoms with van der Waals surface area (Å²) < 4.78 is 31.5. The Hall–Kier alpha value is -4.86. The number of hydrogen-bond acceptors (Lipinski definition) is 4. The second kappa shape index (κ2) is 14.3. The number of amides is 3. The van der Waals surface area contributed by atoms with Crippen molar-refractivity contribution in [2.75, 3.05) is 36.4 Å². The Bertz CT molecular complexity index is 1870. The van der Waals surface area contributed by atoms with E-state index in [1.807, 2.05) is 42.5 Å². The lowest BCUT2D eigenvalue weighted by molar-refractivity contribution is -0.118. The molecule has 7 nitrogen and oxygen atoms in total. The van der Waals surface area contributed by atoms with Crippen LogP contribution in [0.4, 0.5) is 20.2 Å². The van der Waals surface area contributed by atoms with E-state index in [1.54, 1.807) is 54.6 Å². The fraction of sp³-hybridized carbons (Fsp3) is 0.256. The minimum Gasteiger partial charge on any atom is -0.348 e. The third kappa shape index (κ3) is 7.14. The summed E-state index contributed by atoms with van der Waals surface area (Å²) >= 11 is 0. The van der Waals surface area contributed by atoms with Gasteiger partial charge in [-0.15, -0.1) is 12.4 Å². The molecule has 4 aromatic carbocycles. The van der Waals surface area contributed by atoms with Crippen LogP contribution in [-0.2, 0) is 4.79 Å². The Morgan fingerprint density at radius 2 is 1.43 bits per heavy atom. The van der Waals surface area contributed by atoms with E-state index in [4.69, 9.17) is 0 Å². The van der Waals surface area contributed by atoms with E-state index in [2.05, 4.69) is 15.5 Å². The maximum Gasteiger partial charge on any atom is 0.275 e. The monoisotopic (exact) mass is 682 g/mol. The van der Waals surface area contributed by atoms with Gasteiger partial charge < -0.3 is 20.4 Å². The number of carbonyl (C=O) groups is 3. The molecule has 2 N–H and O–H groups in total. The van der Waals surface area contributed by atoms with E-state index in [-0.39, 0.29) is 47.6 Å². The SMILES string of the molecule is Cl.O=C(C=C1c2ccccc2N(C(=O)c2ccc(NC(=O)c3ccccc3-c3ccccc3)cc2)CCC1(F)F)NC1CN2CCC1CC2. The highest BCUT2D eigenvalue weighted by Gasteiger charge is 2.42. The number of anilines is 2. The van der Waals surface area contributed by atoms with Crippen LogP contribution >= 0.6 is 12.4 Å². The minimum atomic E-state index is -3.33. The van der Waals surface area contributed by atoms with Gasteiger partial charge in [-0.05, 0) is 79.4 Å². The largest absolute Gasteiger partial charge is 0.348 e. The van der Waals surface area contributed by atoms with Crippen LogP contribution < -0.4 is 15.5 Å². The van der Waals surface area contributed by atoms with Crippen molar-refractivity contribution >= 4 is 47.1 Å². The van der Waals surface area contributed by atoms with Crippen molar-refractivity contribution in [1.82, 2.24) is 10.2 Å². The lowest BCUT2D eigenvalue weighted by Gasteiger charge is -2.44. The number of rotatable bonds is 6. The van der Waals surface area contributed by atoms with Crippen molar-refractivity contribution in [2.45, 2.75) is 31.2 Å². The summed E-state index contributed by atoms with van der Waals surface area (Å²) in [5.74, 6) is -4.27. The Kier molecular flexibility index (Phi) is 9.94. The van der Waals surface area contributed by atoms with Gasteiger partial charge in [0, 0.05) is 59.6 Å². The lowest BCUT2D eigenvalue weighted by Crippen LogP contribution is -2.57. The number of fused-ring (bicyclic) bond motifs is 4. The highest BCUT2D eigenvalue weighted by Crippen LogP contribution is 2.43. The van der Waals surface area contributed by atoms with E-state index >= 15 is 8.78 Å². The maximum atomic E-state index is 15.8. The number of halogens is 3. The number of piperidine rings is 3. The molecule has 4 heterocycles. The van der Waals surface area contributed by atoms with E-state index in [1.165, 1.54) is 11.0 Å². The van der Waals surface area contributed by atoms with Crippen molar-refractivity contribution in [1.29, 1.82) is 0 Å². The minimum absolute atomic E-state index is 0. The summed E-state index contributed by atoms with van der Waals surface area (Å²) in [4.78, 5) is 43.9. The molecule has 0 saturated carbocycles. The summed E-state index contributed by atoms with van der Waals surface area (Å²) in [5.41, 5.74) is 3.07. The molecule has 4 aromatic rings. The maximum absolute atomic E-state index is 15.8. The average molecular weight is 683 g/mol. The molecule has 10 heteroatoms. The van der Waals surface area contributed by atoms with E-state index in [0.717, 1.165) is 49.7 Å². The van der Waals surface area contributed by atoms with Crippen molar-refractivity contribution < 1.29 is 23.2 Å². The van der Waals surface area contributed by atoms with E-state index < -0.39 is 24.2 Å². The molecular formula is C39H37ClF2N4O3. The van der Waals surface area contributed by atoms with Crippen molar-refractivity contribution in [3.8, 4) is 11.1 Å². The molecule has 1 unspecified atom stereocenters. The zero-order chi connectivity index (χ0) is 33.3. The number of benzene rings is 4. The Labute approximate surface area is 290 Å². The molecule has 0 aliphatic carbocycles. The molecule has 49 heavy (non-hydrogen) atoms. The molecule has 4 aliphatic heterocycles. The van der Waals surface area contributed by atoms with Crippen molar-refractivity contribution in [3.63, 3.8) is 0 Å². The van der Waals surface area contributed by atoms with Gasteiger partial charge in [0.15, 0.2) is 0 Å². The molecule has 1 atom stereocenters. The summed E-state index contributed by atoms with van der Waals surface area (Å²) in [7, 11) is 0. The van der Waals surface area contributed by atoms with Gasteiger partial charge in [-0.25, -0.2) is 8.78 Å². The van der Waals surface area contributed by atoms with Gasteiger partial charge in [0.25, 0.3) is 17.7 Å². The van der Waals surface area contributed by atoms with Crippen LogP contribution in [-0.4, -0.2) is 60.8 Å². The molecule has 0 aromatic heterocycles.